The zero-order chi connectivity index (χ0) is 25.9. The maximum absolute atomic E-state index is 13.6. The topological polar surface area (TPSA) is 101 Å². The molecule has 3 aromatic carbocycles. The van der Waals surface area contributed by atoms with E-state index < -0.39 is 22.5 Å². The van der Waals surface area contributed by atoms with Crippen LogP contribution in [0.5, 0.6) is 5.75 Å². The molecule has 0 atom stereocenters. The van der Waals surface area contributed by atoms with Crippen LogP contribution in [0.1, 0.15) is 16.7 Å². The third-order valence-corrected chi connectivity index (χ3v) is 8.36. The zero-order valence-electron chi connectivity index (χ0n) is 20.3. The minimum Gasteiger partial charge on any atom is -0.497 e. The van der Waals surface area contributed by atoms with Crippen LogP contribution in [0.3, 0.4) is 0 Å². The van der Waals surface area contributed by atoms with Crippen molar-refractivity contribution in [3.8, 4) is 16.3 Å². The number of sulfonamides is 1. The van der Waals surface area contributed by atoms with Crippen molar-refractivity contribution >= 4 is 38.1 Å². The number of nitrogens with zero attached hydrogens (tertiary/aromatic N) is 3. The number of carbonyl (C=O) groups excluding carboxylic acids is 1. The van der Waals surface area contributed by atoms with Crippen LogP contribution in [-0.2, 0) is 14.8 Å². The second-order valence-corrected chi connectivity index (χ2v) is 11.1. The van der Waals surface area contributed by atoms with Crippen LogP contribution in [0.4, 0.5) is 10.8 Å². The van der Waals surface area contributed by atoms with Gasteiger partial charge in [-0.3, -0.25) is 14.4 Å². The van der Waals surface area contributed by atoms with Crippen LogP contribution in [0.2, 0.25) is 0 Å². The summed E-state index contributed by atoms with van der Waals surface area (Å²) in [5.41, 5.74) is 4.12. The predicted octanol–water partition coefficient (Wildman–Crippen LogP) is 4.97. The van der Waals surface area contributed by atoms with E-state index >= 15 is 0 Å². The van der Waals surface area contributed by atoms with Crippen LogP contribution in [0.15, 0.2) is 71.6 Å². The van der Waals surface area contributed by atoms with Crippen molar-refractivity contribution in [2.24, 2.45) is 0 Å². The van der Waals surface area contributed by atoms with Crippen LogP contribution in [0.25, 0.3) is 10.6 Å². The van der Waals surface area contributed by atoms with Gasteiger partial charge in [0.15, 0.2) is 0 Å². The van der Waals surface area contributed by atoms with Crippen molar-refractivity contribution in [2.75, 3.05) is 23.3 Å². The Labute approximate surface area is 214 Å². The fraction of sp³-hybridized carbons (Fsp3) is 0.192. The van der Waals surface area contributed by atoms with Gasteiger partial charge in [-0.15, -0.1) is 10.2 Å². The second kappa shape index (κ2) is 10.5. The molecule has 186 valence electrons. The van der Waals surface area contributed by atoms with Gasteiger partial charge >= 0.3 is 0 Å². The van der Waals surface area contributed by atoms with Crippen LogP contribution >= 0.6 is 11.3 Å². The van der Waals surface area contributed by atoms with Gasteiger partial charge in [0, 0.05) is 5.56 Å². The maximum atomic E-state index is 13.6. The van der Waals surface area contributed by atoms with E-state index in [4.69, 9.17) is 4.74 Å². The van der Waals surface area contributed by atoms with Crippen LogP contribution in [-0.4, -0.2) is 38.2 Å². The molecule has 1 N–H and O–H groups in total. The molecule has 36 heavy (non-hydrogen) atoms. The largest absolute Gasteiger partial charge is 0.497 e. The van der Waals surface area contributed by atoms with E-state index in [-0.39, 0.29) is 10.0 Å². The first-order valence-electron chi connectivity index (χ1n) is 11.1. The molecule has 0 saturated heterocycles. The minimum absolute atomic E-state index is 0.108. The molecule has 4 rings (SSSR count). The molecule has 0 spiro atoms. The molecule has 1 heterocycles. The quantitative estimate of drug-likeness (QED) is 0.351. The number of anilines is 2. The summed E-state index contributed by atoms with van der Waals surface area (Å²) in [5.74, 6) is 0.194. The Kier molecular flexibility index (Phi) is 7.37. The average Bonchev–Trinajstić information content (AvgIpc) is 3.33. The lowest BCUT2D eigenvalue weighted by atomic mass is 10.1. The molecule has 0 aliphatic carbocycles. The highest BCUT2D eigenvalue weighted by Crippen LogP contribution is 2.29. The van der Waals surface area contributed by atoms with Crippen molar-refractivity contribution in [1.82, 2.24) is 10.2 Å². The summed E-state index contributed by atoms with van der Waals surface area (Å²) in [7, 11) is -2.41. The summed E-state index contributed by atoms with van der Waals surface area (Å²) in [5, 5.41) is 11.8. The molecular formula is C26H26N4O4S2. The van der Waals surface area contributed by atoms with E-state index in [1.165, 1.54) is 11.3 Å². The van der Waals surface area contributed by atoms with Crippen molar-refractivity contribution in [3.63, 3.8) is 0 Å². The fourth-order valence-electron chi connectivity index (χ4n) is 3.45. The molecule has 0 fully saturated rings. The Morgan fingerprint density at radius 1 is 0.944 bits per heavy atom. The average molecular weight is 523 g/mol. The normalized spacial score (nSPS) is 11.2. The fourth-order valence-corrected chi connectivity index (χ4v) is 5.62. The van der Waals surface area contributed by atoms with E-state index in [0.29, 0.717) is 10.7 Å². The molecule has 0 bridgehead atoms. The summed E-state index contributed by atoms with van der Waals surface area (Å²) in [4.78, 5) is 13.1. The van der Waals surface area contributed by atoms with Crippen molar-refractivity contribution in [2.45, 2.75) is 25.7 Å². The van der Waals surface area contributed by atoms with E-state index in [1.54, 1.807) is 43.5 Å². The van der Waals surface area contributed by atoms with Gasteiger partial charge < -0.3 is 4.74 Å². The number of amides is 1. The van der Waals surface area contributed by atoms with Gasteiger partial charge in [-0.2, -0.15) is 0 Å². The summed E-state index contributed by atoms with van der Waals surface area (Å²) in [6.45, 7) is 5.31. The van der Waals surface area contributed by atoms with E-state index in [2.05, 4.69) is 15.5 Å². The number of methoxy groups -OCH3 is 1. The Morgan fingerprint density at radius 2 is 1.64 bits per heavy atom. The molecule has 10 heteroatoms. The van der Waals surface area contributed by atoms with Crippen LogP contribution in [0, 0.1) is 20.8 Å². The summed E-state index contributed by atoms with van der Waals surface area (Å²) < 4.78 is 33.4. The molecule has 1 aromatic heterocycles. The Morgan fingerprint density at radius 3 is 2.28 bits per heavy atom. The maximum Gasteiger partial charge on any atom is 0.264 e. The first-order valence-corrected chi connectivity index (χ1v) is 13.4. The highest BCUT2D eigenvalue weighted by molar-refractivity contribution is 7.92. The second-order valence-electron chi connectivity index (χ2n) is 8.28. The molecule has 0 radical (unpaired) electrons. The molecule has 0 saturated carbocycles. The first kappa shape index (κ1) is 25.3. The molecule has 4 aromatic rings. The van der Waals surface area contributed by atoms with E-state index in [9.17, 15) is 13.2 Å². The predicted molar refractivity (Wildman–Crippen MR) is 142 cm³/mol. The Hall–Kier alpha value is -3.76. The zero-order valence-corrected chi connectivity index (χ0v) is 22.0. The van der Waals surface area contributed by atoms with Gasteiger partial charge in [0.1, 0.15) is 17.3 Å². The standard InChI is InChI=1S/C26H26N4O4S2/c1-17-5-13-23(14-6-17)36(32,33)30(21-10-7-18(2)19(3)15-21)16-24(31)27-26-29-28-25(35-26)20-8-11-22(34-4)12-9-20/h5-15H,16H2,1-4H3,(H,27,29,31). The van der Waals surface area contributed by atoms with Crippen molar-refractivity contribution in [1.29, 1.82) is 0 Å². The van der Waals surface area contributed by atoms with Crippen molar-refractivity contribution < 1.29 is 17.9 Å². The lowest BCUT2D eigenvalue weighted by Crippen LogP contribution is -2.38. The van der Waals surface area contributed by atoms with E-state index in [0.717, 1.165) is 32.3 Å². The van der Waals surface area contributed by atoms with E-state index in [1.807, 2.05) is 51.1 Å². The van der Waals surface area contributed by atoms with Gasteiger partial charge in [-0.1, -0.05) is 35.1 Å². The van der Waals surface area contributed by atoms with Crippen LogP contribution < -0.4 is 14.4 Å². The van der Waals surface area contributed by atoms with Gasteiger partial charge in [-0.05, 0) is 80.4 Å². The molecule has 0 unspecified atom stereocenters. The molecule has 1 amide bonds. The third-order valence-electron chi connectivity index (χ3n) is 5.68. The SMILES string of the molecule is COc1ccc(-c2nnc(NC(=O)CN(c3ccc(C)c(C)c3)S(=O)(=O)c3ccc(C)cc3)s2)cc1. The highest BCUT2D eigenvalue weighted by atomic mass is 32.2. The third kappa shape index (κ3) is 5.55. The number of rotatable bonds is 8. The lowest BCUT2D eigenvalue weighted by Gasteiger charge is -2.24. The number of benzene rings is 3. The van der Waals surface area contributed by atoms with Gasteiger partial charge in [0.2, 0.25) is 11.0 Å². The molecule has 0 aliphatic rings. The molecule has 8 nitrogen and oxygen atoms in total. The van der Waals surface area contributed by atoms with Gasteiger partial charge in [-0.25, -0.2) is 8.42 Å². The summed E-state index contributed by atoms with van der Waals surface area (Å²) in [6, 6.07) is 19.2. The molecule has 0 aliphatic heterocycles. The summed E-state index contributed by atoms with van der Waals surface area (Å²) >= 11 is 1.20. The Bertz CT molecular complexity index is 1480. The number of ether oxygens (including phenoxy) is 1. The first-order chi connectivity index (χ1) is 17.2. The monoisotopic (exact) mass is 522 g/mol. The lowest BCUT2D eigenvalue weighted by molar-refractivity contribution is -0.114. The number of carbonyl (C=O) groups is 1. The number of nitrogens with one attached hydrogen (secondary N) is 1. The van der Waals surface area contributed by atoms with Gasteiger partial charge in [0.05, 0.1) is 17.7 Å². The number of aryl methyl sites for hydroxylation is 3. The Balaban J connectivity index is 1.59. The number of hydrogen-bond donors (Lipinski definition) is 1. The number of aromatic nitrogens is 2. The minimum atomic E-state index is -4.00. The van der Waals surface area contributed by atoms with Gasteiger partial charge in [0.25, 0.3) is 10.0 Å². The summed E-state index contributed by atoms with van der Waals surface area (Å²) in [6.07, 6.45) is 0. The highest BCUT2D eigenvalue weighted by Gasteiger charge is 2.28. The van der Waals surface area contributed by atoms with Crippen molar-refractivity contribution in [3.05, 3.63) is 83.4 Å². The number of hydrogen-bond acceptors (Lipinski definition) is 7. The molecular weight excluding hydrogens is 496 g/mol. The smallest absolute Gasteiger partial charge is 0.264 e.